The fraction of sp³-hybridized carbons (Fsp3) is 0.538. The summed E-state index contributed by atoms with van der Waals surface area (Å²) in [6, 6.07) is 10.2. The molecule has 9 heteroatoms. The van der Waals surface area contributed by atoms with E-state index in [9.17, 15) is 14.7 Å². The average Bonchev–Trinajstić information content (AvgIpc) is 2.87. The van der Waals surface area contributed by atoms with Crippen molar-refractivity contribution < 1.29 is 14.7 Å². The zero-order valence-electron chi connectivity index (χ0n) is 20.6. The van der Waals surface area contributed by atoms with E-state index in [1.165, 1.54) is 17.5 Å². The molecular weight excluding hydrogens is 444 g/mol. The molecule has 2 aromatic rings. The number of carbonyl (C=O) groups is 2. The molecule has 1 aromatic heterocycles. The summed E-state index contributed by atoms with van der Waals surface area (Å²) in [6.07, 6.45) is 5.12. The quantitative estimate of drug-likeness (QED) is 0.527. The molecule has 0 bridgehead atoms. The van der Waals surface area contributed by atoms with Gasteiger partial charge >= 0.3 is 0 Å². The molecule has 35 heavy (non-hydrogen) atoms. The molecule has 1 saturated carbocycles. The monoisotopic (exact) mass is 480 g/mol. The number of carbonyl (C=O) groups excluding carboxylic acids is 2. The predicted molar refractivity (Wildman–Crippen MR) is 134 cm³/mol. The van der Waals surface area contributed by atoms with Crippen LogP contribution in [0.2, 0.25) is 0 Å². The second kappa shape index (κ2) is 11.6. The lowest BCUT2D eigenvalue weighted by Gasteiger charge is -2.30. The van der Waals surface area contributed by atoms with Crippen LogP contribution in [0.3, 0.4) is 0 Å². The van der Waals surface area contributed by atoms with Crippen LogP contribution in [0.1, 0.15) is 47.3 Å². The highest BCUT2D eigenvalue weighted by Crippen LogP contribution is 2.27. The number of aromatic nitrogens is 2. The van der Waals surface area contributed by atoms with Crippen molar-refractivity contribution >= 4 is 17.6 Å². The van der Waals surface area contributed by atoms with Gasteiger partial charge in [0.2, 0.25) is 5.91 Å². The van der Waals surface area contributed by atoms with E-state index in [1.807, 2.05) is 6.07 Å². The Morgan fingerprint density at radius 1 is 1.14 bits per heavy atom. The van der Waals surface area contributed by atoms with E-state index in [-0.39, 0.29) is 36.0 Å². The van der Waals surface area contributed by atoms with Crippen molar-refractivity contribution in [2.75, 3.05) is 39.0 Å². The Bertz CT molecular complexity index is 1020. The number of amides is 2. The van der Waals surface area contributed by atoms with Crippen LogP contribution >= 0.6 is 0 Å². The maximum Gasteiger partial charge on any atom is 0.270 e. The summed E-state index contributed by atoms with van der Waals surface area (Å²) >= 11 is 0. The van der Waals surface area contributed by atoms with E-state index in [1.54, 1.807) is 25.1 Å². The summed E-state index contributed by atoms with van der Waals surface area (Å²) in [5.74, 6) is 0.538. The van der Waals surface area contributed by atoms with E-state index < -0.39 is 6.10 Å². The molecule has 9 nitrogen and oxygen atoms in total. The number of anilines is 1. The van der Waals surface area contributed by atoms with Gasteiger partial charge in [0.15, 0.2) is 0 Å². The first-order chi connectivity index (χ1) is 16.9. The molecule has 0 radical (unpaired) electrons. The number of β-amino-alcohol motifs (C(OH)–C–C–N with tert-alkyl or cyclic N) is 1. The number of aliphatic hydroxyl groups is 1. The van der Waals surface area contributed by atoms with Crippen LogP contribution in [0.5, 0.6) is 0 Å². The van der Waals surface area contributed by atoms with Crippen LogP contribution in [-0.4, -0.2) is 82.6 Å². The third-order valence-corrected chi connectivity index (χ3v) is 6.95. The van der Waals surface area contributed by atoms with E-state index >= 15 is 0 Å². The second-order valence-corrected chi connectivity index (χ2v) is 9.83. The van der Waals surface area contributed by atoms with Crippen molar-refractivity contribution in [3.05, 3.63) is 53.5 Å². The SMILES string of the molecule is CN(C)C(=O)C1CCC(Nc2cc(C(=O)NC[C@H](O)CN3CCc4ccccc4C3)ncn2)CC1. The first kappa shape index (κ1) is 25.1. The summed E-state index contributed by atoms with van der Waals surface area (Å²) in [4.78, 5) is 37.0. The Morgan fingerprint density at radius 3 is 2.63 bits per heavy atom. The van der Waals surface area contributed by atoms with E-state index in [0.717, 1.165) is 45.2 Å². The summed E-state index contributed by atoms with van der Waals surface area (Å²) < 4.78 is 0. The summed E-state index contributed by atoms with van der Waals surface area (Å²) in [7, 11) is 3.60. The molecule has 1 aliphatic carbocycles. The fourth-order valence-electron chi connectivity index (χ4n) is 4.99. The standard InChI is InChI=1S/C26H36N6O3/c1-31(2)26(35)19-7-9-21(10-8-19)30-24-13-23(28-17-29-24)25(34)27-14-22(33)16-32-12-11-18-5-3-4-6-20(18)15-32/h3-6,13,17,19,21-22,33H,7-12,14-16H2,1-2H3,(H,27,34)(H,28,29,30)/t19?,21?,22-/m0/s1. The zero-order valence-corrected chi connectivity index (χ0v) is 20.6. The maximum atomic E-state index is 12.6. The number of rotatable bonds is 8. The topological polar surface area (TPSA) is 111 Å². The van der Waals surface area contributed by atoms with Crippen molar-refractivity contribution in [2.45, 2.75) is 50.8 Å². The summed E-state index contributed by atoms with van der Waals surface area (Å²) in [5, 5.41) is 16.7. The lowest BCUT2D eigenvalue weighted by atomic mass is 9.85. The highest BCUT2D eigenvalue weighted by atomic mass is 16.3. The lowest BCUT2D eigenvalue weighted by Crippen LogP contribution is -2.42. The maximum absolute atomic E-state index is 12.6. The second-order valence-electron chi connectivity index (χ2n) is 9.83. The molecule has 1 atom stereocenters. The zero-order chi connectivity index (χ0) is 24.8. The van der Waals surface area contributed by atoms with E-state index in [2.05, 4.69) is 43.7 Å². The number of nitrogens with one attached hydrogen (secondary N) is 2. The molecule has 1 aromatic carbocycles. The number of aliphatic hydroxyl groups excluding tert-OH is 1. The number of fused-ring (bicyclic) bond motifs is 1. The molecule has 0 spiro atoms. The van der Waals surface area contributed by atoms with Crippen molar-refractivity contribution in [3.8, 4) is 0 Å². The summed E-state index contributed by atoms with van der Waals surface area (Å²) in [5.41, 5.74) is 2.93. The van der Waals surface area contributed by atoms with Gasteiger partial charge in [-0.3, -0.25) is 14.5 Å². The van der Waals surface area contributed by atoms with Crippen LogP contribution in [0.25, 0.3) is 0 Å². The first-order valence-electron chi connectivity index (χ1n) is 12.4. The van der Waals surface area contributed by atoms with Crippen LogP contribution < -0.4 is 10.6 Å². The summed E-state index contributed by atoms with van der Waals surface area (Å²) in [6.45, 7) is 2.37. The molecule has 4 rings (SSSR count). The fourth-order valence-corrected chi connectivity index (χ4v) is 4.99. The number of benzene rings is 1. The highest BCUT2D eigenvalue weighted by Gasteiger charge is 2.27. The molecule has 1 aliphatic heterocycles. The molecule has 3 N–H and O–H groups in total. The molecule has 2 aliphatic rings. The van der Waals surface area contributed by atoms with Gasteiger partial charge < -0.3 is 20.6 Å². The number of hydrogen-bond acceptors (Lipinski definition) is 7. The number of hydrogen-bond donors (Lipinski definition) is 3. The Kier molecular flexibility index (Phi) is 8.30. The van der Waals surface area contributed by atoms with E-state index in [4.69, 9.17) is 0 Å². The van der Waals surface area contributed by atoms with Crippen LogP contribution in [-0.2, 0) is 17.8 Å². The van der Waals surface area contributed by atoms with Gasteiger partial charge in [0.1, 0.15) is 17.8 Å². The van der Waals surface area contributed by atoms with Gasteiger partial charge in [-0.1, -0.05) is 24.3 Å². The van der Waals surface area contributed by atoms with Gasteiger partial charge in [0, 0.05) is 58.3 Å². The Balaban J connectivity index is 1.22. The molecular formula is C26H36N6O3. The van der Waals surface area contributed by atoms with Crippen molar-refractivity contribution in [2.24, 2.45) is 5.92 Å². The molecule has 2 heterocycles. The first-order valence-corrected chi connectivity index (χ1v) is 12.4. The van der Waals surface area contributed by atoms with Gasteiger partial charge in [-0.2, -0.15) is 0 Å². The van der Waals surface area contributed by atoms with Crippen molar-refractivity contribution in [1.82, 2.24) is 25.1 Å². The molecule has 2 amide bonds. The minimum absolute atomic E-state index is 0.0842. The highest BCUT2D eigenvalue weighted by molar-refractivity contribution is 5.92. The molecule has 188 valence electrons. The third-order valence-electron chi connectivity index (χ3n) is 6.95. The van der Waals surface area contributed by atoms with E-state index in [0.29, 0.717) is 12.4 Å². The largest absolute Gasteiger partial charge is 0.390 e. The van der Waals surface area contributed by atoms with Gasteiger partial charge in [0.25, 0.3) is 5.91 Å². The smallest absolute Gasteiger partial charge is 0.270 e. The van der Waals surface area contributed by atoms with Gasteiger partial charge in [-0.05, 0) is 43.2 Å². The normalized spacial score (nSPS) is 21.0. The molecule has 0 unspecified atom stereocenters. The molecule has 0 saturated heterocycles. The van der Waals surface area contributed by atoms with Gasteiger partial charge in [-0.25, -0.2) is 9.97 Å². The minimum atomic E-state index is -0.663. The Hall–Kier alpha value is -3.04. The van der Waals surface area contributed by atoms with Crippen LogP contribution in [0, 0.1) is 5.92 Å². The van der Waals surface area contributed by atoms with Gasteiger partial charge in [-0.15, -0.1) is 0 Å². The van der Waals surface area contributed by atoms with Crippen molar-refractivity contribution in [3.63, 3.8) is 0 Å². The number of nitrogens with zero attached hydrogens (tertiary/aromatic N) is 4. The van der Waals surface area contributed by atoms with Crippen molar-refractivity contribution in [1.29, 1.82) is 0 Å². The lowest BCUT2D eigenvalue weighted by molar-refractivity contribution is -0.133. The Morgan fingerprint density at radius 2 is 1.89 bits per heavy atom. The average molecular weight is 481 g/mol. The van der Waals surface area contributed by atoms with Gasteiger partial charge in [0.05, 0.1) is 6.10 Å². The van der Waals surface area contributed by atoms with Crippen LogP contribution in [0.15, 0.2) is 36.7 Å². The van der Waals surface area contributed by atoms with Crippen LogP contribution in [0.4, 0.5) is 5.82 Å². The molecule has 1 fully saturated rings. The Labute approximate surface area is 206 Å². The minimum Gasteiger partial charge on any atom is -0.390 e. The third kappa shape index (κ3) is 6.76. The predicted octanol–water partition coefficient (Wildman–Crippen LogP) is 1.68.